The van der Waals surface area contributed by atoms with Gasteiger partial charge in [0.15, 0.2) is 0 Å². The largest absolute Gasteiger partial charge is 0.468 e. The minimum absolute atomic E-state index is 0.0585. The quantitative estimate of drug-likeness (QED) is 0.765. The number of tetrazole rings is 1. The summed E-state index contributed by atoms with van der Waals surface area (Å²) in [5, 5.41) is 12.6. The maximum atomic E-state index is 11.2. The van der Waals surface area contributed by atoms with Gasteiger partial charge in [0, 0.05) is 6.20 Å². The van der Waals surface area contributed by atoms with E-state index in [1.807, 2.05) is 0 Å². The van der Waals surface area contributed by atoms with Crippen LogP contribution in [0, 0.1) is 0 Å². The van der Waals surface area contributed by atoms with E-state index < -0.39 is 5.97 Å². The van der Waals surface area contributed by atoms with Crippen LogP contribution in [0.2, 0.25) is 5.02 Å². The van der Waals surface area contributed by atoms with Crippen molar-refractivity contribution in [3.05, 3.63) is 21.8 Å². The van der Waals surface area contributed by atoms with Crippen molar-refractivity contribution in [2.45, 2.75) is 16.7 Å². The first-order chi connectivity index (χ1) is 9.10. The van der Waals surface area contributed by atoms with E-state index in [0.717, 1.165) is 4.47 Å². The number of pyridine rings is 1. The molecule has 100 valence electrons. The molecule has 0 saturated heterocycles. The van der Waals surface area contributed by atoms with Gasteiger partial charge in [-0.3, -0.25) is 4.79 Å². The van der Waals surface area contributed by atoms with E-state index in [4.69, 9.17) is 11.6 Å². The fourth-order valence-corrected chi connectivity index (χ4v) is 2.72. The third-order valence-electron chi connectivity index (χ3n) is 1.97. The molecule has 2 aromatic rings. The summed E-state index contributed by atoms with van der Waals surface area (Å²) in [4.78, 5) is 15.4. The van der Waals surface area contributed by atoms with Crippen molar-refractivity contribution in [1.29, 1.82) is 0 Å². The predicted molar refractivity (Wildman–Crippen MR) is 70.9 cm³/mol. The Morgan fingerprint density at radius 3 is 3.11 bits per heavy atom. The second-order valence-corrected chi connectivity index (χ2v) is 5.48. The van der Waals surface area contributed by atoms with Crippen LogP contribution in [0.3, 0.4) is 0 Å². The fraction of sp³-hybridized carbons (Fsp3) is 0.222. The molecular formula is C9H7BrClN5O2S. The first kappa shape index (κ1) is 14.2. The van der Waals surface area contributed by atoms with Gasteiger partial charge in [0.25, 0.3) is 0 Å². The van der Waals surface area contributed by atoms with Crippen LogP contribution in [0.15, 0.2) is 26.9 Å². The van der Waals surface area contributed by atoms with E-state index in [1.54, 1.807) is 6.07 Å². The number of hydrogen-bond acceptors (Lipinski definition) is 7. The van der Waals surface area contributed by atoms with Crippen LogP contribution in [0.25, 0.3) is 0 Å². The highest BCUT2D eigenvalue weighted by Crippen LogP contribution is 2.31. The minimum Gasteiger partial charge on any atom is -0.468 e. The van der Waals surface area contributed by atoms with Gasteiger partial charge in [-0.2, -0.15) is 0 Å². The molecule has 0 atom stereocenters. The second kappa shape index (κ2) is 6.31. The predicted octanol–water partition coefficient (Wildman–Crippen LogP) is 1.81. The Hall–Kier alpha value is -1.19. The molecule has 10 heteroatoms. The van der Waals surface area contributed by atoms with Crippen LogP contribution in [-0.2, 0) is 16.1 Å². The second-order valence-electron chi connectivity index (χ2n) is 3.24. The van der Waals surface area contributed by atoms with Crippen LogP contribution in [0.5, 0.6) is 0 Å². The third kappa shape index (κ3) is 3.64. The van der Waals surface area contributed by atoms with E-state index >= 15 is 0 Å². The summed E-state index contributed by atoms with van der Waals surface area (Å²) in [6.45, 7) is -0.0585. The zero-order valence-electron chi connectivity index (χ0n) is 9.58. The average Bonchev–Trinajstić information content (AvgIpc) is 2.80. The molecule has 19 heavy (non-hydrogen) atoms. The van der Waals surface area contributed by atoms with Gasteiger partial charge >= 0.3 is 5.97 Å². The van der Waals surface area contributed by atoms with Crippen molar-refractivity contribution in [1.82, 2.24) is 25.2 Å². The topological polar surface area (TPSA) is 82.8 Å². The van der Waals surface area contributed by atoms with Crippen LogP contribution in [0.4, 0.5) is 0 Å². The van der Waals surface area contributed by atoms with E-state index in [2.05, 4.69) is 41.2 Å². The number of rotatable bonds is 4. The van der Waals surface area contributed by atoms with Gasteiger partial charge < -0.3 is 4.74 Å². The molecule has 0 bridgehead atoms. The SMILES string of the molecule is COC(=O)Cn1nnnc1Sc1ncc(Cl)cc1Br. The van der Waals surface area contributed by atoms with Crippen molar-refractivity contribution in [3.8, 4) is 0 Å². The highest BCUT2D eigenvalue weighted by Gasteiger charge is 2.14. The molecule has 0 aliphatic rings. The molecule has 0 amide bonds. The zero-order valence-corrected chi connectivity index (χ0v) is 12.7. The average molecular weight is 365 g/mol. The number of ether oxygens (including phenoxy) is 1. The molecule has 0 spiro atoms. The normalized spacial score (nSPS) is 10.5. The Morgan fingerprint density at radius 2 is 2.42 bits per heavy atom. The lowest BCUT2D eigenvalue weighted by Gasteiger charge is -2.04. The molecule has 0 saturated carbocycles. The van der Waals surface area contributed by atoms with Crippen LogP contribution in [-0.4, -0.2) is 38.3 Å². The number of carbonyl (C=O) groups is 1. The summed E-state index contributed by atoms with van der Waals surface area (Å²) < 4.78 is 6.61. The van der Waals surface area contributed by atoms with Crippen molar-refractivity contribution < 1.29 is 9.53 Å². The number of esters is 1. The van der Waals surface area contributed by atoms with Crippen molar-refractivity contribution in [2.75, 3.05) is 7.11 Å². The lowest BCUT2D eigenvalue weighted by molar-refractivity contribution is -0.141. The van der Waals surface area contributed by atoms with Gasteiger partial charge in [-0.1, -0.05) is 11.6 Å². The van der Waals surface area contributed by atoms with Crippen molar-refractivity contribution in [3.63, 3.8) is 0 Å². The van der Waals surface area contributed by atoms with Gasteiger partial charge in [-0.25, -0.2) is 9.67 Å². The molecule has 0 fully saturated rings. The van der Waals surface area contributed by atoms with Gasteiger partial charge in [0.2, 0.25) is 5.16 Å². The van der Waals surface area contributed by atoms with E-state index in [0.29, 0.717) is 15.2 Å². The summed E-state index contributed by atoms with van der Waals surface area (Å²) in [7, 11) is 1.30. The van der Waals surface area contributed by atoms with E-state index in [9.17, 15) is 4.79 Å². The summed E-state index contributed by atoms with van der Waals surface area (Å²) >= 11 is 10.4. The molecule has 0 aliphatic heterocycles. The summed E-state index contributed by atoms with van der Waals surface area (Å²) in [6, 6.07) is 1.71. The molecular weight excluding hydrogens is 358 g/mol. The van der Waals surface area contributed by atoms with E-state index in [-0.39, 0.29) is 6.54 Å². The highest BCUT2D eigenvalue weighted by atomic mass is 79.9. The number of hydrogen-bond donors (Lipinski definition) is 0. The van der Waals surface area contributed by atoms with E-state index in [1.165, 1.54) is 29.8 Å². The van der Waals surface area contributed by atoms with Gasteiger partial charge in [-0.05, 0) is 44.2 Å². The molecule has 0 unspecified atom stereocenters. The molecule has 0 N–H and O–H groups in total. The number of methoxy groups -OCH3 is 1. The number of nitrogens with zero attached hydrogens (tertiary/aromatic N) is 5. The molecule has 2 aromatic heterocycles. The number of carbonyl (C=O) groups excluding carboxylic acids is 1. The van der Waals surface area contributed by atoms with Gasteiger partial charge in [-0.15, -0.1) is 5.10 Å². The molecule has 0 radical (unpaired) electrons. The lowest BCUT2D eigenvalue weighted by atomic mass is 10.5. The molecule has 0 aromatic carbocycles. The standard InChI is InChI=1S/C9H7BrClN5O2S/c1-18-7(17)4-16-9(13-14-15-16)19-8-6(10)2-5(11)3-12-8/h2-3H,4H2,1H3. The first-order valence-corrected chi connectivity index (χ1v) is 6.90. The van der Waals surface area contributed by atoms with Crippen molar-refractivity contribution in [2.24, 2.45) is 0 Å². The van der Waals surface area contributed by atoms with Crippen LogP contribution >= 0.6 is 39.3 Å². The van der Waals surface area contributed by atoms with Gasteiger partial charge in [0.05, 0.1) is 16.6 Å². The number of halogens is 2. The summed E-state index contributed by atoms with van der Waals surface area (Å²) in [5.41, 5.74) is 0. The first-order valence-electron chi connectivity index (χ1n) is 4.92. The molecule has 2 heterocycles. The van der Waals surface area contributed by atoms with Gasteiger partial charge in [0.1, 0.15) is 11.6 Å². The summed E-state index contributed by atoms with van der Waals surface area (Å²) in [6.07, 6.45) is 1.52. The Bertz CT molecular complexity index is 608. The summed E-state index contributed by atoms with van der Waals surface area (Å²) in [5.74, 6) is -0.433. The van der Waals surface area contributed by atoms with Crippen molar-refractivity contribution >= 4 is 45.3 Å². The maximum Gasteiger partial charge on any atom is 0.327 e. The van der Waals surface area contributed by atoms with Crippen LogP contribution in [0.1, 0.15) is 0 Å². The number of aromatic nitrogens is 5. The molecule has 0 aliphatic carbocycles. The monoisotopic (exact) mass is 363 g/mol. The zero-order chi connectivity index (χ0) is 13.8. The molecule has 7 nitrogen and oxygen atoms in total. The minimum atomic E-state index is -0.433. The Morgan fingerprint density at radius 1 is 1.63 bits per heavy atom. The lowest BCUT2D eigenvalue weighted by Crippen LogP contribution is -2.13. The fourth-order valence-electron chi connectivity index (χ4n) is 1.12. The molecule has 2 rings (SSSR count). The van der Waals surface area contributed by atoms with Crippen LogP contribution < -0.4 is 0 Å². The Kier molecular flexibility index (Phi) is 4.72. The Labute approximate surface area is 125 Å². The smallest absolute Gasteiger partial charge is 0.327 e. The Balaban J connectivity index is 2.19. The third-order valence-corrected chi connectivity index (χ3v) is 4.03. The highest BCUT2D eigenvalue weighted by molar-refractivity contribution is 9.10. The maximum absolute atomic E-state index is 11.2.